The number of rotatable bonds is 4. The predicted octanol–water partition coefficient (Wildman–Crippen LogP) is 3.71. The van der Waals surface area contributed by atoms with Gasteiger partial charge in [-0.1, -0.05) is 19.4 Å². The van der Waals surface area contributed by atoms with E-state index in [-0.39, 0.29) is 5.91 Å². The number of carbonyl (C=O) groups excluding carboxylic acids is 1. The van der Waals surface area contributed by atoms with Crippen molar-refractivity contribution in [3.63, 3.8) is 0 Å². The lowest BCUT2D eigenvalue weighted by Gasteiger charge is -1.99. The lowest BCUT2D eigenvalue weighted by molar-refractivity contribution is 0.102. The second-order valence-electron chi connectivity index (χ2n) is 5.63. The fourth-order valence-electron chi connectivity index (χ4n) is 2.59. The standard InChI is InChI=1S/C17H20N4O/c1-4-5-12-8-16(21-20-12)19-17(22)15-9-13-11(3)10(2)6-7-14(13)18-15/h6-9,18H,4-5H2,1-3H3,(H2,19,20,21,22). The predicted molar refractivity (Wildman–Crippen MR) is 88.3 cm³/mol. The van der Waals surface area contributed by atoms with Crippen LogP contribution in [-0.2, 0) is 6.42 Å². The molecular formula is C17H20N4O. The molecule has 0 aliphatic rings. The SMILES string of the molecule is CCCc1cc(NC(=O)c2cc3c(C)c(C)ccc3[nH]2)n[nH]1. The molecule has 0 radical (unpaired) electrons. The molecule has 0 saturated heterocycles. The molecule has 3 rings (SSSR count). The Hall–Kier alpha value is -2.56. The molecule has 1 aromatic carbocycles. The summed E-state index contributed by atoms with van der Waals surface area (Å²) in [7, 11) is 0. The van der Waals surface area contributed by atoms with Gasteiger partial charge in [0.1, 0.15) is 5.69 Å². The van der Waals surface area contributed by atoms with Crippen LogP contribution in [0.4, 0.5) is 5.82 Å². The molecule has 22 heavy (non-hydrogen) atoms. The average molecular weight is 296 g/mol. The van der Waals surface area contributed by atoms with E-state index in [1.54, 1.807) is 0 Å². The summed E-state index contributed by atoms with van der Waals surface area (Å²) in [6.45, 7) is 6.24. The number of aryl methyl sites for hydroxylation is 3. The molecule has 0 fully saturated rings. The number of anilines is 1. The first-order valence-electron chi connectivity index (χ1n) is 7.53. The van der Waals surface area contributed by atoms with E-state index >= 15 is 0 Å². The maximum absolute atomic E-state index is 12.4. The van der Waals surface area contributed by atoms with Crippen LogP contribution in [0.1, 0.15) is 40.7 Å². The van der Waals surface area contributed by atoms with Crippen molar-refractivity contribution in [2.75, 3.05) is 5.32 Å². The highest BCUT2D eigenvalue weighted by molar-refractivity contribution is 6.06. The zero-order valence-corrected chi connectivity index (χ0v) is 13.1. The van der Waals surface area contributed by atoms with Crippen LogP contribution in [-0.4, -0.2) is 21.1 Å². The molecule has 5 heteroatoms. The Balaban J connectivity index is 1.84. The van der Waals surface area contributed by atoms with Gasteiger partial charge in [-0.25, -0.2) is 0 Å². The Bertz CT molecular complexity index is 828. The number of aromatic nitrogens is 3. The van der Waals surface area contributed by atoms with Crippen LogP contribution in [0, 0.1) is 13.8 Å². The van der Waals surface area contributed by atoms with Crippen LogP contribution in [0.3, 0.4) is 0 Å². The number of aromatic amines is 2. The van der Waals surface area contributed by atoms with Crippen LogP contribution < -0.4 is 5.32 Å². The van der Waals surface area contributed by atoms with Gasteiger partial charge in [0.2, 0.25) is 0 Å². The largest absolute Gasteiger partial charge is 0.351 e. The number of benzene rings is 1. The third kappa shape index (κ3) is 2.62. The molecule has 3 aromatic rings. The molecule has 0 atom stereocenters. The van der Waals surface area contributed by atoms with Crippen LogP contribution in [0.2, 0.25) is 0 Å². The van der Waals surface area contributed by atoms with Gasteiger partial charge in [-0.2, -0.15) is 5.10 Å². The molecule has 5 nitrogen and oxygen atoms in total. The Labute approximate surface area is 129 Å². The highest BCUT2D eigenvalue weighted by atomic mass is 16.1. The molecule has 0 spiro atoms. The van der Waals surface area contributed by atoms with E-state index in [2.05, 4.69) is 47.3 Å². The summed E-state index contributed by atoms with van der Waals surface area (Å²) in [5.41, 5.74) is 4.96. The molecule has 2 aromatic heterocycles. The van der Waals surface area contributed by atoms with Crippen LogP contribution in [0.15, 0.2) is 24.3 Å². The molecule has 2 heterocycles. The molecule has 0 aliphatic heterocycles. The zero-order chi connectivity index (χ0) is 15.7. The summed E-state index contributed by atoms with van der Waals surface area (Å²) in [6, 6.07) is 7.83. The fourth-order valence-corrected chi connectivity index (χ4v) is 2.59. The van der Waals surface area contributed by atoms with Gasteiger partial charge in [-0.05, 0) is 43.5 Å². The number of hydrogen-bond donors (Lipinski definition) is 3. The van der Waals surface area contributed by atoms with Gasteiger partial charge in [0.05, 0.1) is 0 Å². The van der Waals surface area contributed by atoms with Crippen LogP contribution in [0.25, 0.3) is 10.9 Å². The molecule has 0 unspecified atom stereocenters. The maximum atomic E-state index is 12.4. The highest BCUT2D eigenvalue weighted by Crippen LogP contribution is 2.22. The minimum Gasteiger partial charge on any atom is -0.351 e. The topological polar surface area (TPSA) is 73.6 Å². The third-order valence-corrected chi connectivity index (χ3v) is 3.98. The Morgan fingerprint density at radius 3 is 2.86 bits per heavy atom. The van der Waals surface area contributed by atoms with Gasteiger partial charge in [0, 0.05) is 22.7 Å². The Kier molecular flexibility index (Phi) is 3.71. The summed E-state index contributed by atoms with van der Waals surface area (Å²) in [5.74, 6) is 0.378. The number of nitrogens with one attached hydrogen (secondary N) is 3. The number of fused-ring (bicyclic) bond motifs is 1. The molecule has 0 bridgehead atoms. The van der Waals surface area contributed by atoms with E-state index in [0.29, 0.717) is 11.5 Å². The van der Waals surface area contributed by atoms with Crippen molar-refractivity contribution in [1.82, 2.24) is 15.2 Å². The smallest absolute Gasteiger partial charge is 0.273 e. The van der Waals surface area contributed by atoms with Gasteiger partial charge >= 0.3 is 0 Å². The first-order chi connectivity index (χ1) is 10.6. The van der Waals surface area contributed by atoms with E-state index in [1.165, 1.54) is 11.1 Å². The molecule has 0 aliphatic carbocycles. The van der Waals surface area contributed by atoms with Crippen molar-refractivity contribution < 1.29 is 4.79 Å². The van der Waals surface area contributed by atoms with Crippen molar-refractivity contribution in [3.8, 4) is 0 Å². The van der Waals surface area contributed by atoms with Gasteiger partial charge < -0.3 is 10.3 Å². The lowest BCUT2D eigenvalue weighted by atomic mass is 10.1. The normalized spacial score (nSPS) is 11.0. The minimum atomic E-state index is -0.178. The fraction of sp³-hybridized carbons (Fsp3) is 0.294. The summed E-state index contributed by atoms with van der Waals surface area (Å²) < 4.78 is 0. The zero-order valence-electron chi connectivity index (χ0n) is 13.1. The minimum absolute atomic E-state index is 0.178. The van der Waals surface area contributed by atoms with Crippen LogP contribution in [0.5, 0.6) is 0 Å². The van der Waals surface area contributed by atoms with Crippen molar-refractivity contribution in [3.05, 3.63) is 46.8 Å². The molecule has 3 N–H and O–H groups in total. The van der Waals surface area contributed by atoms with E-state index < -0.39 is 0 Å². The molecule has 1 amide bonds. The van der Waals surface area contributed by atoms with E-state index in [9.17, 15) is 4.79 Å². The molecule has 114 valence electrons. The van der Waals surface area contributed by atoms with Crippen LogP contribution >= 0.6 is 0 Å². The number of amides is 1. The quantitative estimate of drug-likeness (QED) is 0.686. The van der Waals surface area contributed by atoms with Gasteiger partial charge in [0.15, 0.2) is 5.82 Å². The van der Waals surface area contributed by atoms with E-state index in [0.717, 1.165) is 29.4 Å². The number of carbonyl (C=O) groups is 1. The van der Waals surface area contributed by atoms with E-state index in [1.807, 2.05) is 18.2 Å². The average Bonchev–Trinajstić information content (AvgIpc) is 3.11. The first-order valence-corrected chi connectivity index (χ1v) is 7.53. The van der Waals surface area contributed by atoms with Gasteiger partial charge in [-0.15, -0.1) is 0 Å². The summed E-state index contributed by atoms with van der Waals surface area (Å²) in [6.07, 6.45) is 1.96. The maximum Gasteiger partial charge on any atom is 0.273 e. The monoisotopic (exact) mass is 296 g/mol. The summed E-state index contributed by atoms with van der Waals surface area (Å²) in [4.78, 5) is 15.5. The van der Waals surface area contributed by atoms with Crippen molar-refractivity contribution in [1.29, 1.82) is 0 Å². The molecule has 0 saturated carbocycles. The van der Waals surface area contributed by atoms with Crippen molar-refractivity contribution >= 4 is 22.6 Å². The third-order valence-electron chi connectivity index (χ3n) is 3.98. The second kappa shape index (κ2) is 5.67. The lowest BCUT2D eigenvalue weighted by Crippen LogP contribution is -2.12. The van der Waals surface area contributed by atoms with Crippen molar-refractivity contribution in [2.24, 2.45) is 0 Å². The van der Waals surface area contributed by atoms with E-state index in [4.69, 9.17) is 0 Å². The number of H-pyrrole nitrogens is 2. The van der Waals surface area contributed by atoms with Gasteiger partial charge in [-0.3, -0.25) is 9.89 Å². The Morgan fingerprint density at radius 2 is 2.09 bits per heavy atom. The van der Waals surface area contributed by atoms with Crippen molar-refractivity contribution in [2.45, 2.75) is 33.6 Å². The highest BCUT2D eigenvalue weighted by Gasteiger charge is 2.13. The Morgan fingerprint density at radius 1 is 1.27 bits per heavy atom. The summed E-state index contributed by atoms with van der Waals surface area (Å²) >= 11 is 0. The summed E-state index contributed by atoms with van der Waals surface area (Å²) in [5, 5.41) is 10.9. The van der Waals surface area contributed by atoms with Gasteiger partial charge in [0.25, 0.3) is 5.91 Å². The second-order valence-corrected chi connectivity index (χ2v) is 5.63. The number of hydrogen-bond acceptors (Lipinski definition) is 2. The molecular weight excluding hydrogens is 276 g/mol. The first kappa shape index (κ1) is 14.4. The number of nitrogens with zero attached hydrogens (tertiary/aromatic N) is 1.